The Morgan fingerprint density at radius 3 is 2.90 bits per heavy atom. The second-order valence-corrected chi connectivity index (χ2v) is 4.76. The Labute approximate surface area is 117 Å². The van der Waals surface area contributed by atoms with Crippen LogP contribution in [0.15, 0.2) is 46.0 Å². The highest BCUT2D eigenvalue weighted by Gasteiger charge is 2.21. The van der Waals surface area contributed by atoms with Crippen molar-refractivity contribution in [3.05, 3.63) is 47.9 Å². The maximum atomic E-state index is 5.84. The van der Waals surface area contributed by atoms with Crippen LogP contribution in [0.1, 0.15) is 24.3 Å². The van der Waals surface area contributed by atoms with Gasteiger partial charge in [0.2, 0.25) is 0 Å². The van der Waals surface area contributed by atoms with Gasteiger partial charge in [0.15, 0.2) is 6.10 Å². The lowest BCUT2D eigenvalue weighted by Crippen LogP contribution is -2.33. The van der Waals surface area contributed by atoms with E-state index in [9.17, 15) is 0 Å². The van der Waals surface area contributed by atoms with Gasteiger partial charge in [-0.15, -0.1) is 0 Å². The van der Waals surface area contributed by atoms with Gasteiger partial charge in [0.05, 0.1) is 12.3 Å². The van der Waals surface area contributed by atoms with Crippen molar-refractivity contribution in [3.8, 4) is 5.75 Å². The molecule has 1 aliphatic heterocycles. The molecule has 0 saturated heterocycles. The zero-order chi connectivity index (χ0) is 14.1. The van der Waals surface area contributed by atoms with E-state index >= 15 is 0 Å². The fourth-order valence-electron chi connectivity index (χ4n) is 2.31. The third kappa shape index (κ3) is 2.16. The minimum atomic E-state index is -0.182. The second-order valence-electron chi connectivity index (χ2n) is 4.76. The van der Waals surface area contributed by atoms with Gasteiger partial charge in [0, 0.05) is 0 Å². The van der Waals surface area contributed by atoms with Crippen molar-refractivity contribution in [1.82, 2.24) is 5.32 Å². The number of rotatable bonds is 3. The number of ether oxygens (including phenoxy) is 1. The molecular formula is C15H17N3O2. The molecule has 0 amide bonds. The Morgan fingerprint density at radius 2 is 2.20 bits per heavy atom. The van der Waals surface area contributed by atoms with Gasteiger partial charge in [-0.05, 0) is 43.8 Å². The van der Waals surface area contributed by atoms with E-state index in [1.54, 1.807) is 6.26 Å². The minimum Gasteiger partial charge on any atom is -0.481 e. The summed E-state index contributed by atoms with van der Waals surface area (Å²) in [6.07, 6.45) is 1.48. The molecule has 0 spiro atoms. The van der Waals surface area contributed by atoms with Crippen molar-refractivity contribution in [2.75, 3.05) is 7.05 Å². The molecular weight excluding hydrogens is 254 g/mol. The van der Waals surface area contributed by atoms with Crippen molar-refractivity contribution >= 4 is 11.5 Å². The average Bonchev–Trinajstić information content (AvgIpc) is 2.95. The first kappa shape index (κ1) is 12.7. The lowest BCUT2D eigenvalue weighted by Gasteiger charge is -2.22. The number of furan rings is 1. The topological polar surface area (TPSA) is 72.8 Å². The predicted octanol–water partition coefficient (Wildman–Crippen LogP) is 2.36. The minimum absolute atomic E-state index is 0.0222. The summed E-state index contributed by atoms with van der Waals surface area (Å²) in [4.78, 5) is 4.40. The summed E-state index contributed by atoms with van der Waals surface area (Å²) in [5.74, 6) is 2.10. The van der Waals surface area contributed by atoms with Gasteiger partial charge in [-0.3, -0.25) is 0 Å². The first-order chi connectivity index (χ1) is 9.69. The molecule has 1 aliphatic rings. The monoisotopic (exact) mass is 271 g/mol. The Balaban J connectivity index is 1.99. The molecule has 0 bridgehead atoms. The maximum Gasteiger partial charge on any atom is 0.153 e. The molecule has 2 heterocycles. The molecule has 1 aromatic carbocycles. The molecule has 0 radical (unpaired) electrons. The molecule has 2 unspecified atom stereocenters. The number of nitrogens with one attached hydrogen (secondary N) is 1. The zero-order valence-electron chi connectivity index (χ0n) is 11.5. The van der Waals surface area contributed by atoms with Gasteiger partial charge in [-0.25, -0.2) is 4.99 Å². The van der Waals surface area contributed by atoms with Crippen LogP contribution in [0.4, 0.5) is 5.69 Å². The highest BCUT2D eigenvalue weighted by Crippen LogP contribution is 2.35. The summed E-state index contributed by atoms with van der Waals surface area (Å²) in [6, 6.07) is 9.69. The Kier molecular flexibility index (Phi) is 3.20. The van der Waals surface area contributed by atoms with Gasteiger partial charge < -0.3 is 20.2 Å². The van der Waals surface area contributed by atoms with E-state index in [1.165, 1.54) is 0 Å². The van der Waals surface area contributed by atoms with Crippen molar-refractivity contribution in [2.45, 2.75) is 19.1 Å². The number of hydrogen-bond acceptors (Lipinski definition) is 5. The summed E-state index contributed by atoms with van der Waals surface area (Å²) < 4.78 is 11.2. The fourth-order valence-corrected chi connectivity index (χ4v) is 2.31. The van der Waals surface area contributed by atoms with E-state index in [0.29, 0.717) is 5.84 Å². The van der Waals surface area contributed by atoms with Gasteiger partial charge in [-0.1, -0.05) is 6.07 Å². The molecule has 3 N–H and O–H groups in total. The van der Waals surface area contributed by atoms with Crippen LogP contribution in [0.2, 0.25) is 0 Å². The van der Waals surface area contributed by atoms with Crippen LogP contribution in [-0.4, -0.2) is 19.0 Å². The number of benzene rings is 1. The van der Waals surface area contributed by atoms with Crippen LogP contribution < -0.4 is 15.8 Å². The zero-order valence-corrected chi connectivity index (χ0v) is 11.5. The number of nitrogens with two attached hydrogens (primary N) is 1. The van der Waals surface area contributed by atoms with Crippen LogP contribution >= 0.6 is 0 Å². The van der Waals surface area contributed by atoms with E-state index in [2.05, 4.69) is 10.3 Å². The number of nitrogens with zero attached hydrogens (tertiary/aromatic N) is 1. The summed E-state index contributed by atoms with van der Waals surface area (Å²) >= 11 is 0. The average molecular weight is 271 g/mol. The van der Waals surface area contributed by atoms with Crippen molar-refractivity contribution in [3.63, 3.8) is 0 Å². The molecule has 5 heteroatoms. The summed E-state index contributed by atoms with van der Waals surface area (Å²) in [5.41, 5.74) is 7.64. The first-order valence-corrected chi connectivity index (χ1v) is 6.54. The maximum absolute atomic E-state index is 5.84. The Morgan fingerprint density at radius 1 is 1.35 bits per heavy atom. The molecule has 2 aromatic rings. The summed E-state index contributed by atoms with van der Waals surface area (Å²) in [5, 5.41) is 3.23. The molecule has 5 nitrogen and oxygen atoms in total. The van der Waals surface area contributed by atoms with Gasteiger partial charge in [0.25, 0.3) is 0 Å². The first-order valence-electron chi connectivity index (χ1n) is 6.54. The van der Waals surface area contributed by atoms with E-state index in [0.717, 1.165) is 22.8 Å². The van der Waals surface area contributed by atoms with E-state index in [1.807, 2.05) is 44.3 Å². The van der Waals surface area contributed by atoms with Crippen LogP contribution in [0, 0.1) is 0 Å². The van der Waals surface area contributed by atoms with Gasteiger partial charge in [0.1, 0.15) is 23.0 Å². The molecule has 104 valence electrons. The number of hydrogen-bond donors (Lipinski definition) is 2. The molecule has 1 aromatic heterocycles. The van der Waals surface area contributed by atoms with Gasteiger partial charge in [-0.2, -0.15) is 0 Å². The normalized spacial score (nSPS) is 18.9. The standard InChI is InChI=1S/C15H17N3O2/c1-9-15(16)18-11-8-10(5-6-12(11)20-9)14(17-2)13-4-3-7-19-13/h3-9,14,17H,1-2H3,(H2,16,18). The molecule has 0 aliphatic carbocycles. The number of amidine groups is 1. The molecule has 0 fully saturated rings. The van der Waals surface area contributed by atoms with Crippen molar-refractivity contribution < 1.29 is 9.15 Å². The molecule has 0 saturated carbocycles. The number of aliphatic imine (C=N–C) groups is 1. The highest BCUT2D eigenvalue weighted by molar-refractivity contribution is 5.89. The molecule has 20 heavy (non-hydrogen) atoms. The largest absolute Gasteiger partial charge is 0.481 e. The van der Waals surface area contributed by atoms with Crippen LogP contribution in [0.3, 0.4) is 0 Å². The van der Waals surface area contributed by atoms with E-state index < -0.39 is 0 Å². The lowest BCUT2D eigenvalue weighted by molar-refractivity contribution is 0.281. The van der Waals surface area contributed by atoms with E-state index in [4.69, 9.17) is 14.9 Å². The quantitative estimate of drug-likeness (QED) is 0.898. The van der Waals surface area contributed by atoms with Crippen molar-refractivity contribution in [1.29, 1.82) is 0 Å². The highest BCUT2D eigenvalue weighted by atomic mass is 16.5. The van der Waals surface area contributed by atoms with Gasteiger partial charge >= 0.3 is 0 Å². The van der Waals surface area contributed by atoms with Crippen molar-refractivity contribution in [2.24, 2.45) is 10.7 Å². The Bertz CT molecular complexity index is 635. The lowest BCUT2D eigenvalue weighted by atomic mass is 10.0. The Hall–Kier alpha value is -2.27. The van der Waals surface area contributed by atoms with E-state index in [-0.39, 0.29) is 12.1 Å². The molecule has 3 rings (SSSR count). The summed E-state index contributed by atoms with van der Waals surface area (Å²) in [7, 11) is 1.89. The third-order valence-electron chi connectivity index (χ3n) is 3.40. The fraction of sp³-hybridized carbons (Fsp3) is 0.267. The predicted molar refractivity (Wildman–Crippen MR) is 77.4 cm³/mol. The summed E-state index contributed by atoms with van der Waals surface area (Å²) in [6.45, 7) is 1.88. The number of fused-ring (bicyclic) bond motifs is 1. The smallest absolute Gasteiger partial charge is 0.153 e. The molecule has 2 atom stereocenters. The third-order valence-corrected chi connectivity index (χ3v) is 3.40. The van der Waals surface area contributed by atoms with Crippen LogP contribution in [0.5, 0.6) is 5.75 Å². The second kappa shape index (κ2) is 5.02. The van der Waals surface area contributed by atoms with Crippen LogP contribution in [-0.2, 0) is 0 Å². The SMILES string of the molecule is CNC(c1ccc2c(c1)N=C(N)C(C)O2)c1ccco1. The van der Waals surface area contributed by atoms with Crippen LogP contribution in [0.25, 0.3) is 0 Å².